The Bertz CT molecular complexity index is 457. The van der Waals surface area contributed by atoms with Crippen LogP contribution in [0.2, 0.25) is 0 Å². The zero-order chi connectivity index (χ0) is 15.1. The fourth-order valence-corrected chi connectivity index (χ4v) is 2.80. The molecule has 0 aromatic carbocycles. The van der Waals surface area contributed by atoms with E-state index in [2.05, 4.69) is 27.4 Å². The molecule has 1 saturated heterocycles. The molecule has 2 heterocycles. The van der Waals surface area contributed by atoms with Gasteiger partial charge in [0.2, 0.25) is 0 Å². The molecule has 0 aliphatic carbocycles. The van der Waals surface area contributed by atoms with Crippen molar-refractivity contribution in [2.24, 2.45) is 0 Å². The average molecular weight is 290 g/mol. The highest BCUT2D eigenvalue weighted by Gasteiger charge is 2.17. The molecule has 0 radical (unpaired) electrons. The van der Waals surface area contributed by atoms with Gasteiger partial charge in [0.15, 0.2) is 0 Å². The van der Waals surface area contributed by atoms with Crippen molar-refractivity contribution < 1.29 is 4.79 Å². The van der Waals surface area contributed by atoms with Gasteiger partial charge in [-0.2, -0.15) is 0 Å². The minimum absolute atomic E-state index is 0.0298. The van der Waals surface area contributed by atoms with Crippen LogP contribution in [0.1, 0.15) is 43.5 Å². The third-order valence-electron chi connectivity index (χ3n) is 3.79. The van der Waals surface area contributed by atoms with Gasteiger partial charge in [-0.1, -0.05) is 6.42 Å². The molecule has 0 bridgehead atoms. The Morgan fingerprint density at radius 2 is 2.14 bits per heavy atom. The molecule has 1 aliphatic rings. The minimum atomic E-state index is -0.0298. The third kappa shape index (κ3) is 4.70. The van der Waals surface area contributed by atoms with Gasteiger partial charge in [0.25, 0.3) is 5.91 Å². The van der Waals surface area contributed by atoms with E-state index in [0.29, 0.717) is 5.56 Å². The maximum absolute atomic E-state index is 12.4. The minimum Gasteiger partial charge on any atom is -0.383 e. The van der Waals surface area contributed by atoms with E-state index >= 15 is 0 Å². The molecule has 1 amide bonds. The van der Waals surface area contributed by atoms with E-state index in [-0.39, 0.29) is 11.9 Å². The number of anilines is 1. The molecule has 1 aromatic rings. The highest BCUT2D eigenvalue weighted by Crippen LogP contribution is 2.13. The summed E-state index contributed by atoms with van der Waals surface area (Å²) in [6, 6.07) is 1.92. The smallest absolute Gasteiger partial charge is 0.253 e. The maximum Gasteiger partial charge on any atom is 0.253 e. The highest BCUT2D eigenvalue weighted by molar-refractivity contribution is 5.99. The lowest BCUT2D eigenvalue weighted by Gasteiger charge is -2.29. The Morgan fingerprint density at radius 3 is 2.86 bits per heavy atom. The molecular formula is C16H26N4O. The van der Waals surface area contributed by atoms with Crippen LogP contribution in [0, 0.1) is 0 Å². The predicted molar refractivity (Wildman–Crippen MR) is 85.6 cm³/mol. The monoisotopic (exact) mass is 290 g/mol. The van der Waals surface area contributed by atoms with Gasteiger partial charge in [0.1, 0.15) is 0 Å². The summed E-state index contributed by atoms with van der Waals surface area (Å²) >= 11 is 0. The molecule has 2 N–H and O–H groups in total. The Kier molecular flexibility index (Phi) is 5.99. The molecular weight excluding hydrogens is 264 g/mol. The van der Waals surface area contributed by atoms with Crippen molar-refractivity contribution >= 4 is 11.6 Å². The summed E-state index contributed by atoms with van der Waals surface area (Å²) in [5.41, 5.74) is 1.46. The van der Waals surface area contributed by atoms with E-state index in [1.807, 2.05) is 6.92 Å². The summed E-state index contributed by atoms with van der Waals surface area (Å²) in [5.74, 6) is -0.0298. The normalized spacial score (nSPS) is 17.2. The van der Waals surface area contributed by atoms with Gasteiger partial charge >= 0.3 is 0 Å². The van der Waals surface area contributed by atoms with Gasteiger partial charge in [-0.15, -0.1) is 0 Å². The number of hydrogen-bond acceptors (Lipinski definition) is 4. The second kappa shape index (κ2) is 7.98. The number of hydrogen-bond donors (Lipinski definition) is 2. The number of pyridine rings is 1. The number of nitrogens with one attached hydrogen (secondary N) is 2. The van der Waals surface area contributed by atoms with Crippen LogP contribution in [0.25, 0.3) is 0 Å². The van der Waals surface area contributed by atoms with E-state index in [1.165, 1.54) is 19.3 Å². The second-order valence-corrected chi connectivity index (χ2v) is 5.69. The molecule has 1 aliphatic heterocycles. The molecule has 1 aromatic heterocycles. The number of aromatic nitrogens is 1. The fraction of sp³-hybridized carbons (Fsp3) is 0.625. The van der Waals surface area contributed by atoms with Gasteiger partial charge in [-0.25, -0.2) is 0 Å². The standard InChI is InChI=1S/C16H26N4O/c1-3-18-15-11-17-8-7-14(15)16(21)19-13(2)12-20-9-5-4-6-10-20/h7-8,11,13,18H,3-6,9-10,12H2,1-2H3,(H,19,21). The fourth-order valence-electron chi connectivity index (χ4n) is 2.80. The Hall–Kier alpha value is -1.62. The summed E-state index contributed by atoms with van der Waals surface area (Å²) in [5, 5.41) is 6.27. The number of likely N-dealkylation sites (tertiary alicyclic amines) is 1. The number of piperidine rings is 1. The highest BCUT2D eigenvalue weighted by atomic mass is 16.1. The van der Waals surface area contributed by atoms with E-state index in [1.54, 1.807) is 18.5 Å². The van der Waals surface area contributed by atoms with Crippen LogP contribution < -0.4 is 10.6 Å². The van der Waals surface area contributed by atoms with Gasteiger partial charge < -0.3 is 15.5 Å². The molecule has 1 atom stereocenters. The van der Waals surface area contributed by atoms with Crippen LogP contribution in [0.15, 0.2) is 18.5 Å². The number of amides is 1. The summed E-state index contributed by atoms with van der Waals surface area (Å²) in [6.45, 7) is 8.08. The lowest BCUT2D eigenvalue weighted by atomic mass is 10.1. The molecule has 5 nitrogen and oxygen atoms in total. The van der Waals surface area contributed by atoms with E-state index in [9.17, 15) is 4.79 Å². The van der Waals surface area contributed by atoms with Crippen LogP contribution in [0.3, 0.4) is 0 Å². The van der Waals surface area contributed by atoms with Crippen molar-refractivity contribution in [2.75, 3.05) is 31.5 Å². The first kappa shape index (κ1) is 15.8. The first-order valence-corrected chi connectivity index (χ1v) is 7.91. The number of carbonyl (C=O) groups excluding carboxylic acids is 1. The van der Waals surface area contributed by atoms with Gasteiger partial charge in [0, 0.05) is 25.3 Å². The van der Waals surface area contributed by atoms with E-state index < -0.39 is 0 Å². The van der Waals surface area contributed by atoms with Gasteiger partial charge in [-0.05, 0) is 45.8 Å². The second-order valence-electron chi connectivity index (χ2n) is 5.69. The SMILES string of the molecule is CCNc1cnccc1C(=O)NC(C)CN1CCCCC1. The topological polar surface area (TPSA) is 57.3 Å². The first-order valence-electron chi connectivity index (χ1n) is 7.91. The Balaban J connectivity index is 1.91. The van der Waals surface area contributed by atoms with Crippen LogP contribution in [-0.2, 0) is 0 Å². The van der Waals surface area contributed by atoms with Crippen molar-refractivity contribution in [3.05, 3.63) is 24.0 Å². The molecule has 0 spiro atoms. The number of nitrogens with zero attached hydrogens (tertiary/aromatic N) is 2. The quantitative estimate of drug-likeness (QED) is 0.842. The maximum atomic E-state index is 12.4. The molecule has 1 unspecified atom stereocenters. The van der Waals surface area contributed by atoms with Crippen molar-refractivity contribution in [1.29, 1.82) is 0 Å². The van der Waals surface area contributed by atoms with Crippen molar-refractivity contribution in [2.45, 2.75) is 39.2 Å². The lowest BCUT2D eigenvalue weighted by molar-refractivity contribution is 0.0926. The lowest BCUT2D eigenvalue weighted by Crippen LogP contribution is -2.43. The summed E-state index contributed by atoms with van der Waals surface area (Å²) < 4.78 is 0. The third-order valence-corrected chi connectivity index (χ3v) is 3.79. The zero-order valence-electron chi connectivity index (χ0n) is 13.1. The van der Waals surface area contributed by atoms with Crippen LogP contribution in [0.4, 0.5) is 5.69 Å². The Labute approximate surface area is 127 Å². The van der Waals surface area contributed by atoms with Crippen molar-refractivity contribution in [3.8, 4) is 0 Å². The zero-order valence-corrected chi connectivity index (χ0v) is 13.1. The van der Waals surface area contributed by atoms with E-state index in [4.69, 9.17) is 0 Å². The number of carbonyl (C=O) groups is 1. The van der Waals surface area contributed by atoms with E-state index in [0.717, 1.165) is 31.9 Å². The number of rotatable bonds is 6. The van der Waals surface area contributed by atoms with Gasteiger partial charge in [0.05, 0.1) is 17.4 Å². The van der Waals surface area contributed by atoms with Crippen LogP contribution >= 0.6 is 0 Å². The largest absolute Gasteiger partial charge is 0.383 e. The molecule has 0 saturated carbocycles. The molecule has 5 heteroatoms. The molecule has 116 valence electrons. The van der Waals surface area contributed by atoms with Gasteiger partial charge in [-0.3, -0.25) is 9.78 Å². The predicted octanol–water partition coefficient (Wildman–Crippen LogP) is 2.12. The van der Waals surface area contributed by atoms with Crippen LogP contribution in [-0.4, -0.2) is 48.0 Å². The summed E-state index contributed by atoms with van der Waals surface area (Å²) in [4.78, 5) is 18.9. The average Bonchev–Trinajstić information content (AvgIpc) is 2.49. The first-order chi connectivity index (χ1) is 10.2. The molecule has 21 heavy (non-hydrogen) atoms. The van der Waals surface area contributed by atoms with Crippen molar-refractivity contribution in [3.63, 3.8) is 0 Å². The Morgan fingerprint density at radius 1 is 1.38 bits per heavy atom. The summed E-state index contributed by atoms with van der Waals surface area (Å²) in [7, 11) is 0. The van der Waals surface area contributed by atoms with Crippen LogP contribution in [0.5, 0.6) is 0 Å². The molecule has 1 fully saturated rings. The molecule has 2 rings (SSSR count). The summed E-state index contributed by atoms with van der Waals surface area (Å²) in [6.07, 6.45) is 7.24. The van der Waals surface area contributed by atoms with Crippen molar-refractivity contribution in [1.82, 2.24) is 15.2 Å².